The van der Waals surface area contributed by atoms with E-state index in [0.717, 1.165) is 10.8 Å². The van der Waals surface area contributed by atoms with Gasteiger partial charge in [-0.1, -0.05) is 13.8 Å². The summed E-state index contributed by atoms with van der Waals surface area (Å²) in [5.41, 5.74) is 1.79. The van der Waals surface area contributed by atoms with Gasteiger partial charge in [0.15, 0.2) is 0 Å². The second-order valence-electron chi connectivity index (χ2n) is 5.38. The minimum absolute atomic E-state index is 0.768. The smallest absolute Gasteiger partial charge is 0.0190 e. The third kappa shape index (κ3) is 0.163. The zero-order chi connectivity index (χ0) is 6.02. The summed E-state index contributed by atoms with van der Waals surface area (Å²) in [5, 5.41) is 0. The van der Waals surface area contributed by atoms with Gasteiger partial charge in [-0.3, -0.25) is 0 Å². The highest BCUT2D eigenvalue weighted by Crippen LogP contribution is 3.08. The molecular formula is C9H12. The van der Waals surface area contributed by atoms with Crippen molar-refractivity contribution < 1.29 is 0 Å². The lowest BCUT2D eigenvalue weighted by molar-refractivity contribution is 0.0691. The summed E-state index contributed by atoms with van der Waals surface area (Å²) in [7, 11) is 0. The Morgan fingerprint density at radius 3 is 1.78 bits per heavy atom. The van der Waals surface area contributed by atoms with Gasteiger partial charge < -0.3 is 0 Å². The fourth-order valence-electron chi connectivity index (χ4n) is 4.68. The van der Waals surface area contributed by atoms with Crippen molar-refractivity contribution >= 4 is 0 Å². The molecule has 1 spiro atoms. The lowest BCUT2D eigenvalue weighted by atomic mass is 9.64. The molecule has 4 bridgehead atoms. The van der Waals surface area contributed by atoms with Gasteiger partial charge in [0.1, 0.15) is 0 Å². The molecule has 2 atom stereocenters. The summed E-state index contributed by atoms with van der Waals surface area (Å²) in [6, 6.07) is 0. The topological polar surface area (TPSA) is 0 Å². The molecule has 0 N–H and O–H groups in total. The first-order valence-corrected chi connectivity index (χ1v) is 4.20. The van der Waals surface area contributed by atoms with Gasteiger partial charge in [0.2, 0.25) is 0 Å². The molecule has 48 valence electrons. The van der Waals surface area contributed by atoms with Gasteiger partial charge >= 0.3 is 0 Å². The van der Waals surface area contributed by atoms with Crippen molar-refractivity contribution in [2.75, 3.05) is 0 Å². The SMILES string of the molecule is CC1(C)CC23C4C1C2C43. The second kappa shape index (κ2) is 0.627. The predicted octanol–water partition coefficient (Wildman–Crippen LogP) is 1.91. The highest BCUT2D eigenvalue weighted by atomic mass is 15.1. The molecular weight excluding hydrogens is 108 g/mol. The third-order valence-corrected chi connectivity index (χ3v) is 4.86. The summed E-state index contributed by atoms with van der Waals surface area (Å²) in [6.45, 7) is 4.95. The number of fused-ring (bicyclic) bond motifs is 1. The van der Waals surface area contributed by atoms with Crippen molar-refractivity contribution in [2.24, 2.45) is 34.5 Å². The van der Waals surface area contributed by atoms with E-state index in [1.54, 1.807) is 6.42 Å². The Hall–Kier alpha value is 0. The zero-order valence-corrected chi connectivity index (χ0v) is 6.02. The van der Waals surface area contributed by atoms with Crippen LogP contribution in [0.3, 0.4) is 0 Å². The van der Waals surface area contributed by atoms with Crippen LogP contribution in [-0.2, 0) is 0 Å². The first-order valence-electron chi connectivity index (χ1n) is 4.20. The minimum atomic E-state index is 0.768. The normalized spacial score (nSPS) is 83.3. The van der Waals surface area contributed by atoms with Gasteiger partial charge in [-0.2, -0.15) is 0 Å². The number of rotatable bonds is 0. The van der Waals surface area contributed by atoms with Crippen LogP contribution in [0.15, 0.2) is 0 Å². The van der Waals surface area contributed by atoms with Crippen LogP contribution in [0.5, 0.6) is 0 Å². The molecule has 6 saturated carbocycles. The van der Waals surface area contributed by atoms with Gasteiger partial charge in [0, 0.05) is 0 Å². The number of hydrogen-bond acceptors (Lipinski definition) is 0. The molecule has 0 radical (unpaired) electrons. The fraction of sp³-hybridized carbons (Fsp3) is 1.00. The Morgan fingerprint density at radius 1 is 1.00 bits per heavy atom. The largest absolute Gasteiger partial charge is 0.0596 e. The lowest BCUT2D eigenvalue weighted by Crippen LogP contribution is -2.36. The third-order valence-electron chi connectivity index (χ3n) is 4.86. The van der Waals surface area contributed by atoms with Crippen molar-refractivity contribution in [1.82, 2.24) is 0 Å². The molecule has 9 heavy (non-hydrogen) atoms. The van der Waals surface area contributed by atoms with Crippen LogP contribution >= 0.6 is 0 Å². The maximum Gasteiger partial charge on any atom is -0.0190 e. The van der Waals surface area contributed by atoms with Crippen LogP contribution in [0.4, 0.5) is 0 Å². The second-order valence-corrected chi connectivity index (χ2v) is 5.38. The molecule has 2 unspecified atom stereocenters. The quantitative estimate of drug-likeness (QED) is 0.458. The predicted molar refractivity (Wildman–Crippen MR) is 34.8 cm³/mol. The molecule has 0 amide bonds. The molecule has 0 aromatic carbocycles. The van der Waals surface area contributed by atoms with Crippen molar-refractivity contribution in [3.05, 3.63) is 0 Å². The van der Waals surface area contributed by atoms with Gasteiger partial charge in [-0.05, 0) is 40.9 Å². The minimum Gasteiger partial charge on any atom is -0.0596 e. The summed E-state index contributed by atoms with van der Waals surface area (Å²) in [6.07, 6.45) is 1.59. The van der Waals surface area contributed by atoms with E-state index < -0.39 is 0 Å². The molecule has 0 nitrogen and oxygen atoms in total. The Bertz CT molecular complexity index is 214. The van der Waals surface area contributed by atoms with E-state index in [-0.39, 0.29) is 0 Å². The van der Waals surface area contributed by atoms with E-state index in [0.29, 0.717) is 0 Å². The van der Waals surface area contributed by atoms with Crippen LogP contribution in [0.25, 0.3) is 0 Å². The standard InChI is InChI=1S/C9H12/c1-8(2)3-9-5-4(8)6(9)7(5)9/h4-7H,3H2,1-2H3. The molecule has 6 rings (SSSR count). The Balaban J connectivity index is 1.95. The first kappa shape index (κ1) is 4.00. The monoisotopic (exact) mass is 120 g/mol. The van der Waals surface area contributed by atoms with Crippen LogP contribution in [-0.4, -0.2) is 0 Å². The Morgan fingerprint density at radius 2 is 1.56 bits per heavy atom. The highest BCUT2D eigenvalue weighted by Gasteiger charge is 3.04. The van der Waals surface area contributed by atoms with E-state index >= 15 is 0 Å². The average molecular weight is 120 g/mol. The van der Waals surface area contributed by atoms with Crippen molar-refractivity contribution in [3.8, 4) is 0 Å². The molecule has 0 aromatic heterocycles. The van der Waals surface area contributed by atoms with Gasteiger partial charge in [0.05, 0.1) is 0 Å². The van der Waals surface area contributed by atoms with Crippen LogP contribution in [0.1, 0.15) is 20.3 Å². The van der Waals surface area contributed by atoms with Gasteiger partial charge in [-0.15, -0.1) is 0 Å². The van der Waals surface area contributed by atoms with E-state index in [1.165, 1.54) is 23.7 Å². The molecule has 6 aliphatic rings. The van der Waals surface area contributed by atoms with E-state index in [2.05, 4.69) is 13.8 Å². The van der Waals surface area contributed by atoms with Gasteiger partial charge in [-0.25, -0.2) is 0 Å². The fourth-order valence-corrected chi connectivity index (χ4v) is 4.68. The van der Waals surface area contributed by atoms with Crippen molar-refractivity contribution in [1.29, 1.82) is 0 Å². The average Bonchev–Trinajstić information content (AvgIpc) is 2.11. The van der Waals surface area contributed by atoms with E-state index in [4.69, 9.17) is 0 Å². The molecule has 0 aliphatic heterocycles. The van der Waals surface area contributed by atoms with E-state index in [9.17, 15) is 0 Å². The lowest BCUT2D eigenvalue weighted by Gasteiger charge is -2.40. The first-order chi connectivity index (χ1) is 4.20. The van der Waals surface area contributed by atoms with Crippen molar-refractivity contribution in [2.45, 2.75) is 20.3 Å². The van der Waals surface area contributed by atoms with Crippen LogP contribution < -0.4 is 0 Å². The van der Waals surface area contributed by atoms with Crippen molar-refractivity contribution in [3.63, 3.8) is 0 Å². The Labute approximate surface area is 55.6 Å². The van der Waals surface area contributed by atoms with Gasteiger partial charge in [0.25, 0.3) is 0 Å². The van der Waals surface area contributed by atoms with Crippen LogP contribution in [0.2, 0.25) is 0 Å². The molecule has 0 aromatic rings. The van der Waals surface area contributed by atoms with Crippen LogP contribution in [0, 0.1) is 34.5 Å². The number of hydrogen-bond donors (Lipinski definition) is 0. The summed E-state index contributed by atoms with van der Waals surface area (Å²) in [4.78, 5) is 0. The van der Waals surface area contributed by atoms with E-state index in [1.807, 2.05) is 0 Å². The summed E-state index contributed by atoms with van der Waals surface area (Å²) < 4.78 is 0. The molecule has 6 aliphatic carbocycles. The molecule has 0 heteroatoms. The molecule has 6 fully saturated rings. The summed E-state index contributed by atoms with van der Waals surface area (Å²) in [5.74, 6) is 5.01. The highest BCUT2D eigenvalue weighted by molar-refractivity contribution is 5.51. The molecule has 0 heterocycles. The summed E-state index contributed by atoms with van der Waals surface area (Å²) >= 11 is 0. The Kier molecular flexibility index (Phi) is 0.279. The molecule has 0 saturated heterocycles. The maximum atomic E-state index is 2.47. The maximum absolute atomic E-state index is 2.47. The zero-order valence-electron chi connectivity index (χ0n) is 6.02.